The first-order valence-corrected chi connectivity index (χ1v) is 4.99. The van der Waals surface area contributed by atoms with Crippen LogP contribution in [0, 0.1) is 11.3 Å². The summed E-state index contributed by atoms with van der Waals surface area (Å²) in [4.78, 5) is 13.0. The van der Waals surface area contributed by atoms with Crippen LogP contribution >= 0.6 is 0 Å². The van der Waals surface area contributed by atoms with Gasteiger partial charge in [-0.15, -0.1) is 0 Å². The molecule has 1 fully saturated rings. The van der Waals surface area contributed by atoms with Crippen LogP contribution in [0.25, 0.3) is 0 Å². The number of hydrogen-bond donors (Lipinski definition) is 0. The Hall–Kier alpha value is -1.82. The number of benzene rings is 1. The predicted molar refractivity (Wildman–Crippen MR) is 55.7 cm³/mol. The zero-order valence-electron chi connectivity index (χ0n) is 8.55. The molecule has 0 N–H and O–H groups in total. The van der Waals surface area contributed by atoms with E-state index in [-0.39, 0.29) is 18.0 Å². The van der Waals surface area contributed by atoms with Crippen LogP contribution in [0.5, 0.6) is 0 Å². The van der Waals surface area contributed by atoms with E-state index in [1.165, 1.54) is 0 Å². The predicted octanol–water partition coefficient (Wildman–Crippen LogP) is 1.87. The van der Waals surface area contributed by atoms with Gasteiger partial charge in [-0.2, -0.15) is 5.26 Å². The normalized spacial score (nSPS) is 21.7. The minimum Gasteiger partial charge on any atom is -0.319 e. The second-order valence-corrected chi connectivity index (χ2v) is 3.74. The summed E-state index contributed by atoms with van der Waals surface area (Å²) in [5.74, 6) is 0.0675. The smallest absolute Gasteiger partial charge is 0.227 e. The zero-order chi connectivity index (χ0) is 10.8. The molecule has 1 aliphatic heterocycles. The molecule has 0 radical (unpaired) electrons. The Morgan fingerprint density at radius 1 is 1.47 bits per heavy atom. The topological polar surface area (TPSA) is 44.1 Å². The molecule has 15 heavy (non-hydrogen) atoms. The number of hydrogen-bond acceptors (Lipinski definition) is 2. The van der Waals surface area contributed by atoms with Crippen LogP contribution in [-0.4, -0.2) is 16.8 Å². The van der Waals surface area contributed by atoms with E-state index in [0.717, 1.165) is 5.56 Å². The molecule has 1 amide bonds. The highest BCUT2D eigenvalue weighted by atomic mass is 16.2. The lowest BCUT2D eigenvalue weighted by atomic mass is 9.96. The Bertz CT molecular complexity index is 407. The quantitative estimate of drug-likeness (QED) is 0.684. The van der Waals surface area contributed by atoms with Gasteiger partial charge in [-0.3, -0.25) is 4.79 Å². The van der Waals surface area contributed by atoms with E-state index < -0.39 is 0 Å². The van der Waals surface area contributed by atoms with Crippen molar-refractivity contribution in [3.63, 3.8) is 0 Å². The monoisotopic (exact) mass is 200 g/mol. The van der Waals surface area contributed by atoms with Crippen LogP contribution in [0.3, 0.4) is 0 Å². The van der Waals surface area contributed by atoms with E-state index in [0.29, 0.717) is 6.42 Å². The number of nitriles is 1. The molecule has 2 rings (SSSR count). The summed E-state index contributed by atoms with van der Waals surface area (Å²) >= 11 is 0. The summed E-state index contributed by atoms with van der Waals surface area (Å²) < 4.78 is 0. The standard InChI is InChI=1S/C12H12N2O/c1-9(10-5-3-2-4-6-10)14-11(8-13)7-12(14)15/h2-6,9,11H,7H2,1H3. The number of amides is 1. The average molecular weight is 200 g/mol. The van der Waals surface area contributed by atoms with Crippen molar-refractivity contribution < 1.29 is 4.79 Å². The lowest BCUT2D eigenvalue weighted by Gasteiger charge is -2.40. The molecule has 0 saturated carbocycles. The van der Waals surface area contributed by atoms with Crippen LogP contribution in [0.4, 0.5) is 0 Å². The Morgan fingerprint density at radius 2 is 2.13 bits per heavy atom. The van der Waals surface area contributed by atoms with Crippen molar-refractivity contribution in [2.45, 2.75) is 25.4 Å². The van der Waals surface area contributed by atoms with Gasteiger partial charge in [-0.1, -0.05) is 30.3 Å². The van der Waals surface area contributed by atoms with E-state index in [1.54, 1.807) is 4.90 Å². The van der Waals surface area contributed by atoms with Crippen molar-refractivity contribution in [2.75, 3.05) is 0 Å². The largest absolute Gasteiger partial charge is 0.319 e. The number of rotatable bonds is 2. The van der Waals surface area contributed by atoms with Crippen molar-refractivity contribution in [2.24, 2.45) is 0 Å². The molecule has 1 aromatic rings. The number of carbonyl (C=O) groups is 1. The fourth-order valence-electron chi connectivity index (χ4n) is 1.92. The molecule has 2 atom stereocenters. The van der Waals surface area contributed by atoms with Crippen molar-refractivity contribution in [1.29, 1.82) is 5.26 Å². The maximum Gasteiger partial charge on any atom is 0.227 e. The summed E-state index contributed by atoms with van der Waals surface area (Å²) in [6.07, 6.45) is 0.369. The van der Waals surface area contributed by atoms with Crippen LogP contribution in [0.2, 0.25) is 0 Å². The molecule has 76 valence electrons. The molecule has 0 aromatic heterocycles. The minimum atomic E-state index is -0.243. The first-order chi connectivity index (χ1) is 7.24. The lowest BCUT2D eigenvalue weighted by molar-refractivity contribution is -0.146. The van der Waals surface area contributed by atoms with Gasteiger partial charge in [0.05, 0.1) is 18.5 Å². The highest BCUT2D eigenvalue weighted by molar-refractivity contribution is 5.84. The van der Waals surface area contributed by atoms with E-state index in [1.807, 2.05) is 37.3 Å². The lowest BCUT2D eigenvalue weighted by Crippen LogP contribution is -2.52. The Balaban J connectivity index is 2.18. The molecule has 1 aromatic carbocycles. The van der Waals surface area contributed by atoms with Gasteiger partial charge in [-0.25, -0.2) is 0 Å². The third kappa shape index (κ3) is 1.59. The van der Waals surface area contributed by atoms with Crippen LogP contribution in [-0.2, 0) is 4.79 Å². The van der Waals surface area contributed by atoms with Crippen LogP contribution in [0.15, 0.2) is 30.3 Å². The summed E-state index contributed by atoms with van der Waals surface area (Å²) in [6.45, 7) is 1.96. The third-order valence-corrected chi connectivity index (χ3v) is 2.84. The molecule has 0 bridgehead atoms. The van der Waals surface area contributed by atoms with Crippen LogP contribution in [0.1, 0.15) is 24.9 Å². The fourth-order valence-corrected chi connectivity index (χ4v) is 1.92. The molecule has 1 saturated heterocycles. The molecular formula is C12H12N2O. The Kier molecular flexibility index (Phi) is 2.42. The molecule has 0 aliphatic carbocycles. The van der Waals surface area contributed by atoms with Gasteiger partial charge in [0.2, 0.25) is 5.91 Å². The SMILES string of the molecule is CC(c1ccccc1)N1C(=O)CC1C#N. The number of β-lactam (4-membered cyclic amide) rings is 1. The third-order valence-electron chi connectivity index (χ3n) is 2.84. The van der Waals surface area contributed by atoms with E-state index in [2.05, 4.69) is 6.07 Å². The Labute approximate surface area is 88.9 Å². The zero-order valence-corrected chi connectivity index (χ0v) is 8.55. The van der Waals surface area contributed by atoms with Gasteiger partial charge in [0.15, 0.2) is 0 Å². The van der Waals surface area contributed by atoms with Gasteiger partial charge >= 0.3 is 0 Å². The Morgan fingerprint density at radius 3 is 2.67 bits per heavy atom. The van der Waals surface area contributed by atoms with Crippen LogP contribution < -0.4 is 0 Å². The average Bonchev–Trinajstić information content (AvgIpc) is 2.26. The summed E-state index contributed by atoms with van der Waals surface area (Å²) in [6, 6.07) is 11.7. The second kappa shape index (κ2) is 3.74. The van der Waals surface area contributed by atoms with E-state index in [9.17, 15) is 4.79 Å². The van der Waals surface area contributed by atoms with E-state index >= 15 is 0 Å². The van der Waals surface area contributed by atoms with Crippen molar-refractivity contribution in [3.05, 3.63) is 35.9 Å². The molecular weight excluding hydrogens is 188 g/mol. The molecule has 1 heterocycles. The van der Waals surface area contributed by atoms with Crippen molar-refractivity contribution in [3.8, 4) is 6.07 Å². The minimum absolute atomic E-state index is 0.00269. The number of carbonyl (C=O) groups excluding carboxylic acids is 1. The molecule has 3 heteroatoms. The van der Waals surface area contributed by atoms with Gasteiger partial charge < -0.3 is 4.90 Å². The van der Waals surface area contributed by atoms with Crippen molar-refractivity contribution in [1.82, 2.24) is 4.90 Å². The van der Waals surface area contributed by atoms with Gasteiger partial charge in [0, 0.05) is 0 Å². The summed E-state index contributed by atoms with van der Waals surface area (Å²) in [5.41, 5.74) is 1.07. The molecule has 3 nitrogen and oxygen atoms in total. The molecule has 2 unspecified atom stereocenters. The number of nitrogens with zero attached hydrogens (tertiary/aromatic N) is 2. The van der Waals surface area contributed by atoms with Gasteiger partial charge in [0.1, 0.15) is 6.04 Å². The number of likely N-dealkylation sites (tertiary alicyclic amines) is 1. The van der Waals surface area contributed by atoms with E-state index in [4.69, 9.17) is 5.26 Å². The summed E-state index contributed by atoms with van der Waals surface area (Å²) in [5, 5.41) is 8.83. The molecule has 0 spiro atoms. The second-order valence-electron chi connectivity index (χ2n) is 3.74. The highest BCUT2D eigenvalue weighted by Gasteiger charge is 2.39. The maximum absolute atomic E-state index is 11.4. The first-order valence-electron chi connectivity index (χ1n) is 4.99. The van der Waals surface area contributed by atoms with Gasteiger partial charge in [0.25, 0.3) is 0 Å². The highest BCUT2D eigenvalue weighted by Crippen LogP contribution is 2.30. The first kappa shape index (κ1) is 9.72. The fraction of sp³-hybridized carbons (Fsp3) is 0.333. The van der Waals surface area contributed by atoms with Crippen molar-refractivity contribution >= 4 is 5.91 Å². The van der Waals surface area contributed by atoms with Gasteiger partial charge in [-0.05, 0) is 12.5 Å². The molecule has 1 aliphatic rings. The maximum atomic E-state index is 11.4. The summed E-state index contributed by atoms with van der Waals surface area (Å²) in [7, 11) is 0.